The zero-order valence-corrected chi connectivity index (χ0v) is 13.4. The van der Waals surface area contributed by atoms with Crippen LogP contribution in [-0.2, 0) is 0 Å². The van der Waals surface area contributed by atoms with Crippen LogP contribution in [0.3, 0.4) is 0 Å². The maximum Gasteiger partial charge on any atom is 0.118 e. The van der Waals surface area contributed by atoms with E-state index in [1.807, 2.05) is 0 Å². The van der Waals surface area contributed by atoms with Gasteiger partial charge in [-0.1, -0.05) is 32.6 Å². The molecule has 0 aromatic rings. The Morgan fingerprint density at radius 3 is 2.50 bits per heavy atom. The van der Waals surface area contributed by atoms with Gasteiger partial charge in [-0.2, -0.15) is 0 Å². The predicted molar refractivity (Wildman–Crippen MR) is 92.3 cm³/mol. The fraction of sp³-hybridized carbons (Fsp3) is 0.412. The van der Waals surface area contributed by atoms with Gasteiger partial charge < -0.3 is 27.2 Å². The minimum Gasteiger partial charge on any atom is -0.508 e. The van der Waals surface area contributed by atoms with Crippen LogP contribution in [0.5, 0.6) is 0 Å². The van der Waals surface area contributed by atoms with Crippen molar-refractivity contribution < 1.29 is 5.11 Å². The Hall–Kier alpha value is -2.30. The molecule has 1 aliphatic rings. The van der Waals surface area contributed by atoms with E-state index >= 15 is 0 Å². The highest BCUT2D eigenvalue weighted by Crippen LogP contribution is 2.22. The molecule has 1 rings (SSSR count). The van der Waals surface area contributed by atoms with Crippen LogP contribution in [0.25, 0.3) is 0 Å². The molecule has 1 unspecified atom stereocenters. The SMILES string of the molecule is C=C/C=C(C(=C)O)/C(N)=C/C(=C(N)N)N1CCCCC(C)C1. The third-order valence-electron chi connectivity index (χ3n) is 3.74. The van der Waals surface area contributed by atoms with Crippen molar-refractivity contribution in [2.75, 3.05) is 13.1 Å². The first-order chi connectivity index (χ1) is 10.4. The molecule has 1 saturated heterocycles. The average Bonchev–Trinajstić information content (AvgIpc) is 2.65. The van der Waals surface area contributed by atoms with Crippen molar-refractivity contribution in [1.82, 2.24) is 4.90 Å². The molecule has 0 bridgehead atoms. The topological polar surface area (TPSA) is 102 Å². The highest BCUT2D eigenvalue weighted by Gasteiger charge is 2.18. The molecule has 7 N–H and O–H groups in total. The highest BCUT2D eigenvalue weighted by molar-refractivity contribution is 5.45. The van der Waals surface area contributed by atoms with E-state index < -0.39 is 0 Å². The first-order valence-electron chi connectivity index (χ1n) is 7.55. The van der Waals surface area contributed by atoms with Gasteiger partial charge in [0.25, 0.3) is 0 Å². The van der Waals surface area contributed by atoms with Crippen LogP contribution >= 0.6 is 0 Å². The predicted octanol–water partition coefficient (Wildman–Crippen LogP) is 2.22. The monoisotopic (exact) mass is 304 g/mol. The van der Waals surface area contributed by atoms with Crippen LogP contribution in [0.1, 0.15) is 26.2 Å². The van der Waals surface area contributed by atoms with Crippen molar-refractivity contribution in [3.05, 3.63) is 59.9 Å². The van der Waals surface area contributed by atoms with Crippen molar-refractivity contribution in [3.63, 3.8) is 0 Å². The van der Waals surface area contributed by atoms with Crippen molar-refractivity contribution in [1.29, 1.82) is 0 Å². The second-order valence-corrected chi connectivity index (χ2v) is 5.75. The van der Waals surface area contributed by atoms with E-state index in [9.17, 15) is 5.11 Å². The Kier molecular flexibility index (Phi) is 6.63. The van der Waals surface area contributed by atoms with E-state index in [4.69, 9.17) is 17.2 Å². The molecular formula is C17H28N4O. The maximum atomic E-state index is 9.64. The van der Waals surface area contributed by atoms with Crippen LogP contribution < -0.4 is 17.2 Å². The zero-order valence-electron chi connectivity index (χ0n) is 13.4. The minimum absolute atomic E-state index is 0.118. The summed E-state index contributed by atoms with van der Waals surface area (Å²) in [7, 11) is 0. The van der Waals surface area contributed by atoms with E-state index in [0.29, 0.717) is 22.9 Å². The lowest BCUT2D eigenvalue weighted by molar-refractivity contribution is 0.323. The first-order valence-corrected chi connectivity index (χ1v) is 7.55. The third-order valence-corrected chi connectivity index (χ3v) is 3.74. The number of aliphatic hydroxyl groups is 1. The summed E-state index contributed by atoms with van der Waals surface area (Å²) in [5.41, 5.74) is 19.2. The molecule has 0 spiro atoms. The summed E-state index contributed by atoms with van der Waals surface area (Å²) in [6, 6.07) is 0. The van der Waals surface area contributed by atoms with Crippen molar-refractivity contribution >= 4 is 0 Å². The van der Waals surface area contributed by atoms with E-state index in [2.05, 4.69) is 25.0 Å². The number of hydrogen-bond donors (Lipinski definition) is 4. The molecule has 1 fully saturated rings. The van der Waals surface area contributed by atoms with Gasteiger partial charge in [0.05, 0.1) is 5.70 Å². The maximum absolute atomic E-state index is 9.64. The van der Waals surface area contributed by atoms with Crippen molar-refractivity contribution in [2.24, 2.45) is 23.1 Å². The molecule has 1 aliphatic heterocycles. The first kappa shape index (κ1) is 17.8. The highest BCUT2D eigenvalue weighted by atomic mass is 16.3. The van der Waals surface area contributed by atoms with Gasteiger partial charge in [-0.05, 0) is 30.9 Å². The fourth-order valence-electron chi connectivity index (χ4n) is 2.63. The number of rotatable bonds is 5. The molecule has 0 amide bonds. The van der Waals surface area contributed by atoms with Gasteiger partial charge in [0.2, 0.25) is 0 Å². The van der Waals surface area contributed by atoms with Gasteiger partial charge >= 0.3 is 0 Å². The summed E-state index contributed by atoms with van der Waals surface area (Å²) in [6.45, 7) is 11.1. The molecule has 5 heteroatoms. The lowest BCUT2D eigenvalue weighted by Crippen LogP contribution is -2.31. The van der Waals surface area contributed by atoms with Crippen LogP contribution in [0, 0.1) is 5.92 Å². The summed E-state index contributed by atoms with van der Waals surface area (Å²) >= 11 is 0. The van der Waals surface area contributed by atoms with Crippen LogP contribution in [0.15, 0.2) is 59.9 Å². The summed E-state index contributed by atoms with van der Waals surface area (Å²) < 4.78 is 0. The van der Waals surface area contributed by atoms with Gasteiger partial charge in [0.1, 0.15) is 11.6 Å². The third kappa shape index (κ3) is 4.91. The number of nitrogens with two attached hydrogens (primary N) is 3. The molecule has 0 saturated carbocycles. The number of hydrogen-bond acceptors (Lipinski definition) is 5. The molecule has 1 heterocycles. The van der Waals surface area contributed by atoms with Crippen molar-refractivity contribution in [2.45, 2.75) is 26.2 Å². The number of aliphatic hydroxyl groups excluding tert-OH is 1. The van der Waals surface area contributed by atoms with Crippen molar-refractivity contribution in [3.8, 4) is 0 Å². The Morgan fingerprint density at radius 2 is 1.95 bits per heavy atom. The molecule has 5 nitrogen and oxygen atoms in total. The van der Waals surface area contributed by atoms with Gasteiger partial charge in [-0.3, -0.25) is 0 Å². The largest absolute Gasteiger partial charge is 0.508 e. The quantitative estimate of drug-likeness (QED) is 0.461. The summed E-state index contributed by atoms with van der Waals surface area (Å²) in [5.74, 6) is 0.675. The lowest BCUT2D eigenvalue weighted by atomic mass is 10.1. The Labute approximate surface area is 133 Å². The molecule has 22 heavy (non-hydrogen) atoms. The Morgan fingerprint density at radius 1 is 1.27 bits per heavy atom. The molecular weight excluding hydrogens is 276 g/mol. The molecule has 0 aromatic heterocycles. The molecule has 0 aliphatic carbocycles. The Bertz CT molecular complexity index is 513. The van der Waals surface area contributed by atoms with E-state index in [0.717, 1.165) is 19.5 Å². The summed E-state index contributed by atoms with van der Waals surface area (Å²) in [6.07, 6.45) is 8.33. The van der Waals surface area contributed by atoms with Crippen LogP contribution in [0.2, 0.25) is 0 Å². The standard InChI is InChI=1S/C17H28N4O/c1-4-7-14(13(3)22)15(18)10-16(17(19)20)21-9-6-5-8-12(2)11-21/h4,7,10,12,22H,1,3,5-6,8-9,11,18-20H2,2H3/b14-7+,15-10-. The number of likely N-dealkylation sites (tertiary alicyclic amines) is 1. The normalized spacial score (nSPS) is 20.2. The number of allylic oxidation sites excluding steroid dienone is 3. The zero-order chi connectivity index (χ0) is 16.7. The van der Waals surface area contributed by atoms with Gasteiger partial charge in [0, 0.05) is 24.4 Å². The van der Waals surface area contributed by atoms with Gasteiger partial charge in [0.15, 0.2) is 0 Å². The van der Waals surface area contributed by atoms with Gasteiger partial charge in [-0.15, -0.1) is 0 Å². The minimum atomic E-state index is -0.118. The molecule has 0 aromatic carbocycles. The number of nitrogens with zero attached hydrogens (tertiary/aromatic N) is 1. The molecule has 0 radical (unpaired) electrons. The Balaban J connectivity index is 3.13. The lowest BCUT2D eigenvalue weighted by Gasteiger charge is -2.27. The molecule has 122 valence electrons. The second-order valence-electron chi connectivity index (χ2n) is 5.75. The fourth-order valence-corrected chi connectivity index (χ4v) is 2.63. The van der Waals surface area contributed by atoms with Gasteiger partial charge in [-0.25, -0.2) is 0 Å². The average molecular weight is 304 g/mol. The van der Waals surface area contributed by atoms with E-state index in [1.54, 1.807) is 18.2 Å². The smallest absolute Gasteiger partial charge is 0.118 e. The summed E-state index contributed by atoms with van der Waals surface area (Å²) in [5, 5.41) is 9.64. The van der Waals surface area contributed by atoms with Crippen LogP contribution in [0.4, 0.5) is 0 Å². The molecule has 1 atom stereocenters. The summed E-state index contributed by atoms with van der Waals surface area (Å²) in [4.78, 5) is 2.16. The second kappa shape index (κ2) is 8.22. The van der Waals surface area contributed by atoms with E-state index in [-0.39, 0.29) is 11.6 Å². The van der Waals surface area contributed by atoms with Crippen LogP contribution in [-0.4, -0.2) is 23.1 Å². The van der Waals surface area contributed by atoms with E-state index in [1.165, 1.54) is 12.8 Å².